The van der Waals surface area contributed by atoms with Crippen molar-refractivity contribution in [3.8, 4) is 132 Å². The van der Waals surface area contributed by atoms with Crippen molar-refractivity contribution in [1.82, 2.24) is 15.0 Å². The molecule has 28 aromatic rings. The third-order valence-electron chi connectivity index (χ3n) is 32.3. The number of hydrogen-bond donors (Lipinski definition) is 0. The summed E-state index contributed by atoms with van der Waals surface area (Å²) < 4.78 is 3.73. The summed E-state index contributed by atoms with van der Waals surface area (Å²) in [4.78, 5) is 15.2. The molecule has 31 rings (SSSR count). The Hall–Kier alpha value is -17.8. The Balaban J connectivity index is 0.000000106. The van der Waals surface area contributed by atoms with Gasteiger partial charge in [-0.1, -0.05) is 446 Å². The second kappa shape index (κ2) is 35.3. The maximum atomic E-state index is 5.07. The number of aromatic nitrogens is 3. The van der Waals surface area contributed by atoms with Crippen LogP contribution in [0.2, 0.25) is 0 Å². The van der Waals surface area contributed by atoms with E-state index in [1.807, 2.05) is 0 Å². The third-order valence-corrected chi connectivity index (χ3v) is 35.7. The van der Waals surface area contributed by atoms with Gasteiger partial charge in [-0.2, -0.15) is 0 Å². The van der Waals surface area contributed by atoms with Crippen molar-refractivity contribution in [3.05, 3.63) is 548 Å². The topological polar surface area (TPSA) is 38.7 Å². The second-order valence-electron chi connectivity index (χ2n) is 41.5. The number of nitrogens with zero attached hydrogens (tertiary/aromatic N) is 3. The van der Waals surface area contributed by atoms with Crippen LogP contribution in [0.5, 0.6) is 0 Å². The molecule has 0 bridgehead atoms. The fraction of sp³-hybridized carbons (Fsp3) is 0.0486. The smallest absolute Gasteiger partial charge is 0.124 e. The molecule has 0 saturated carbocycles. The molecule has 0 fully saturated rings. The molecule has 0 saturated heterocycles. The Labute approximate surface area is 882 Å². The van der Waals surface area contributed by atoms with Gasteiger partial charge >= 0.3 is 0 Å². The van der Waals surface area contributed by atoms with Crippen molar-refractivity contribution < 1.29 is 0 Å². The first kappa shape index (κ1) is 88.7. The molecule has 3 nitrogen and oxygen atoms in total. The minimum absolute atomic E-state index is 0.0654. The monoisotopic (exact) mass is 1960 g/mol. The summed E-state index contributed by atoms with van der Waals surface area (Å²) in [5.74, 6) is 0. The first-order valence-electron chi connectivity index (χ1n) is 51.8. The molecular weight excluding hydrogens is 1870 g/mol. The van der Waals surface area contributed by atoms with E-state index in [-0.39, 0.29) is 10.8 Å². The van der Waals surface area contributed by atoms with E-state index in [4.69, 9.17) is 15.0 Å². The SMILES string of the molecule is CC1(C)c2cc(-c3cccc(-c4ccc5ccc6ccc7nc(-c8ccccc8)sc7c6c5c4)c3)ccc2-c2cc3ccccc3cc21.CC1(C)c2cc(-c3cccc(-c4ccc5ccc6ccc7nc(-c8ccccc8)sc7c6c5c4)c3)ccc2-c2ccc3ccccc3c21.c1ccc(-c2nc3ccc4ccc5ccc(-c6cccc(-c7ccc8c(c7)C(c7ccccc7)(c7ccccc7)c7ccccc7-8)c6)cc5c4c3s2)cc1. The van der Waals surface area contributed by atoms with Crippen molar-refractivity contribution in [2.75, 3.05) is 0 Å². The summed E-state index contributed by atoms with van der Waals surface area (Å²) in [5, 5.41) is 23.6. The summed E-state index contributed by atoms with van der Waals surface area (Å²) >= 11 is 5.37. The average Bonchev–Trinajstić information content (AvgIpc) is 1.53. The Morgan fingerprint density at radius 2 is 0.447 bits per heavy atom. The highest BCUT2D eigenvalue weighted by molar-refractivity contribution is 7.23. The number of benzene rings is 25. The van der Waals surface area contributed by atoms with Crippen LogP contribution in [0.25, 0.3) is 249 Å². The molecule has 0 unspecified atom stereocenters. The van der Waals surface area contributed by atoms with Crippen LogP contribution < -0.4 is 0 Å². The van der Waals surface area contributed by atoms with Crippen LogP contribution in [0.1, 0.15) is 72.2 Å². The van der Waals surface area contributed by atoms with Gasteiger partial charge in [0.1, 0.15) is 15.0 Å². The van der Waals surface area contributed by atoms with Crippen LogP contribution in [0.15, 0.2) is 504 Å². The number of rotatable bonds is 11. The van der Waals surface area contributed by atoms with Crippen molar-refractivity contribution in [3.63, 3.8) is 0 Å². The third kappa shape index (κ3) is 14.6. The number of thiazole rings is 3. The molecule has 704 valence electrons. The molecular formula is C144H95N3S3. The standard InChI is InChI=1S/C52H33NS.2C46H31NS/c1-4-13-36(14-5-1)51-53-48-30-28-35-25-23-34-24-26-39(32-45(34)49(35)50(48)54-51)37-15-12-16-38(31-37)40-27-29-44-43-21-10-11-22-46(43)52(47(44)33-40,41-17-6-2-7-18-41)42-19-8-3-9-20-42;1-46(2)40-27-35(20-22-37(40)38-23-19-28-9-6-7-14-36(28)43(38)46)33-13-8-12-32(25-33)34-18-16-29-15-17-30-21-24-41-44(42(30)39(29)26-34)48-45(47-41)31-10-4-3-5-11-31;1-46(2)40-27-36(19-21-37(40)39-25-33-11-6-7-12-34(33)26-41(39)46)32-14-8-13-31(23-32)35-18-16-28-15-17-29-20-22-42-44(43(29)38(28)24-35)48-45(47-42)30-9-4-3-5-10-30/h1-33H;2*3-27H,1-2H3. The van der Waals surface area contributed by atoms with Crippen LogP contribution >= 0.6 is 34.0 Å². The largest absolute Gasteiger partial charge is 0.236 e. The highest BCUT2D eigenvalue weighted by Gasteiger charge is 2.47. The van der Waals surface area contributed by atoms with Crippen molar-refractivity contribution >= 4 is 151 Å². The van der Waals surface area contributed by atoms with Gasteiger partial charge in [-0.25, -0.2) is 15.0 Å². The summed E-state index contributed by atoms with van der Waals surface area (Å²) in [6, 6.07) is 185. The quantitative estimate of drug-likeness (QED) is 0.121. The molecule has 3 aromatic heterocycles. The summed E-state index contributed by atoms with van der Waals surface area (Å²) in [5.41, 5.74) is 39.7. The van der Waals surface area contributed by atoms with E-state index in [1.54, 1.807) is 34.0 Å². The normalized spacial score (nSPS) is 13.2. The van der Waals surface area contributed by atoms with Crippen molar-refractivity contribution in [2.24, 2.45) is 0 Å². The van der Waals surface area contributed by atoms with Gasteiger partial charge in [-0.3, -0.25) is 0 Å². The van der Waals surface area contributed by atoms with E-state index in [0.29, 0.717) is 0 Å². The molecule has 0 N–H and O–H groups in total. The lowest BCUT2D eigenvalue weighted by Crippen LogP contribution is -2.28. The zero-order valence-corrected chi connectivity index (χ0v) is 85.4. The van der Waals surface area contributed by atoms with Gasteiger partial charge in [0.15, 0.2) is 0 Å². The second-order valence-corrected chi connectivity index (χ2v) is 44.4. The number of fused-ring (bicyclic) bond motifs is 27. The van der Waals surface area contributed by atoms with E-state index in [1.165, 1.54) is 245 Å². The van der Waals surface area contributed by atoms with Crippen LogP contribution in [-0.4, -0.2) is 15.0 Å². The molecule has 3 aliphatic carbocycles. The molecule has 0 atom stereocenters. The lowest BCUT2D eigenvalue weighted by atomic mass is 9.67. The fourth-order valence-electron chi connectivity index (χ4n) is 24.9. The van der Waals surface area contributed by atoms with Crippen molar-refractivity contribution in [1.29, 1.82) is 0 Å². The summed E-state index contributed by atoms with van der Waals surface area (Å²) in [6.07, 6.45) is 0. The maximum Gasteiger partial charge on any atom is 0.124 e. The molecule has 0 aliphatic heterocycles. The van der Waals surface area contributed by atoms with Crippen LogP contribution in [0.3, 0.4) is 0 Å². The van der Waals surface area contributed by atoms with Gasteiger partial charge in [0.05, 0.1) is 36.1 Å². The predicted octanol–water partition coefficient (Wildman–Crippen LogP) is 40.1. The zero-order chi connectivity index (χ0) is 99.6. The molecule has 0 spiro atoms. The molecule has 0 radical (unpaired) electrons. The van der Waals surface area contributed by atoms with Crippen molar-refractivity contribution in [2.45, 2.75) is 43.9 Å². The Morgan fingerprint density at radius 3 is 0.880 bits per heavy atom. The Morgan fingerprint density at radius 1 is 0.167 bits per heavy atom. The van der Waals surface area contributed by atoms with Gasteiger partial charge < -0.3 is 0 Å². The lowest BCUT2D eigenvalue weighted by molar-refractivity contribution is 0.661. The van der Waals surface area contributed by atoms with Gasteiger partial charge in [0.25, 0.3) is 0 Å². The van der Waals surface area contributed by atoms with Gasteiger partial charge in [0, 0.05) is 43.7 Å². The van der Waals surface area contributed by atoms with Gasteiger partial charge in [0.2, 0.25) is 0 Å². The van der Waals surface area contributed by atoms with E-state index in [2.05, 4.69) is 531 Å². The van der Waals surface area contributed by atoms with Crippen LogP contribution in [-0.2, 0) is 16.2 Å². The lowest BCUT2D eigenvalue weighted by Gasteiger charge is -2.34. The molecule has 25 aromatic carbocycles. The van der Waals surface area contributed by atoms with Crippen LogP contribution in [0, 0.1) is 0 Å². The van der Waals surface area contributed by atoms with E-state index in [9.17, 15) is 0 Å². The molecule has 150 heavy (non-hydrogen) atoms. The van der Waals surface area contributed by atoms with E-state index < -0.39 is 5.41 Å². The predicted molar refractivity (Wildman–Crippen MR) is 640 cm³/mol. The van der Waals surface area contributed by atoms with Crippen LogP contribution in [0.4, 0.5) is 0 Å². The maximum absolute atomic E-state index is 5.07. The summed E-state index contributed by atoms with van der Waals surface area (Å²) in [6.45, 7) is 9.50. The molecule has 6 heteroatoms. The Bertz CT molecular complexity index is 10400. The minimum atomic E-state index is -0.427. The first-order valence-corrected chi connectivity index (χ1v) is 54.2. The molecule has 0 amide bonds. The minimum Gasteiger partial charge on any atom is -0.236 e. The van der Waals surface area contributed by atoms with Gasteiger partial charge in [-0.05, 0) is 300 Å². The summed E-state index contributed by atoms with van der Waals surface area (Å²) in [7, 11) is 0. The fourth-order valence-corrected chi connectivity index (χ4v) is 28.3. The van der Waals surface area contributed by atoms with Gasteiger partial charge in [-0.15, -0.1) is 34.0 Å². The zero-order valence-electron chi connectivity index (χ0n) is 83.0. The average molecular weight is 1960 g/mol. The molecule has 3 heterocycles. The highest BCUT2D eigenvalue weighted by Crippen LogP contribution is 2.59. The Kier molecular flexibility index (Phi) is 20.9. The van der Waals surface area contributed by atoms with E-state index in [0.717, 1.165) is 48.3 Å². The highest BCUT2D eigenvalue weighted by atomic mass is 32.1. The molecule has 3 aliphatic rings. The first-order chi connectivity index (χ1) is 73.8. The number of hydrogen-bond acceptors (Lipinski definition) is 6. The van der Waals surface area contributed by atoms with E-state index >= 15 is 0 Å².